The van der Waals surface area contributed by atoms with E-state index in [4.69, 9.17) is 0 Å². The highest BCUT2D eigenvalue weighted by Gasteiger charge is 2.02. The van der Waals surface area contributed by atoms with E-state index in [1.54, 1.807) is 23.6 Å². The minimum absolute atomic E-state index is 0.250. The molecular formula is C10H8BrFN2S. The van der Waals surface area contributed by atoms with Crippen LogP contribution in [0.25, 0.3) is 0 Å². The summed E-state index contributed by atoms with van der Waals surface area (Å²) < 4.78 is 13.8. The van der Waals surface area contributed by atoms with Gasteiger partial charge in [0.2, 0.25) is 0 Å². The fourth-order valence-electron chi connectivity index (χ4n) is 1.14. The van der Waals surface area contributed by atoms with E-state index in [2.05, 4.69) is 26.2 Å². The number of rotatable bonds is 3. The number of benzene rings is 1. The molecule has 0 unspecified atom stereocenters. The first-order chi connectivity index (χ1) is 7.25. The molecule has 0 aliphatic carbocycles. The van der Waals surface area contributed by atoms with Gasteiger partial charge in [-0.1, -0.05) is 0 Å². The summed E-state index contributed by atoms with van der Waals surface area (Å²) in [6.07, 6.45) is 1.75. The van der Waals surface area contributed by atoms with E-state index in [1.165, 1.54) is 12.1 Å². The van der Waals surface area contributed by atoms with Gasteiger partial charge in [0, 0.05) is 16.0 Å². The minimum atomic E-state index is -0.250. The molecule has 78 valence electrons. The number of aromatic nitrogens is 1. The summed E-state index contributed by atoms with van der Waals surface area (Å²) in [6, 6.07) is 4.55. The molecule has 0 bridgehead atoms. The highest BCUT2D eigenvalue weighted by Crippen LogP contribution is 2.23. The Kier molecular flexibility index (Phi) is 3.33. The molecule has 1 aromatic heterocycles. The van der Waals surface area contributed by atoms with Gasteiger partial charge >= 0.3 is 0 Å². The van der Waals surface area contributed by atoms with Crippen molar-refractivity contribution in [3.63, 3.8) is 0 Å². The predicted octanol–water partition coefficient (Wildman–Crippen LogP) is 3.66. The van der Waals surface area contributed by atoms with E-state index < -0.39 is 0 Å². The average molecular weight is 287 g/mol. The van der Waals surface area contributed by atoms with Crippen LogP contribution < -0.4 is 5.32 Å². The van der Waals surface area contributed by atoms with Crippen LogP contribution in [-0.4, -0.2) is 4.98 Å². The highest BCUT2D eigenvalue weighted by atomic mass is 79.9. The van der Waals surface area contributed by atoms with Crippen molar-refractivity contribution in [2.24, 2.45) is 0 Å². The highest BCUT2D eigenvalue weighted by molar-refractivity contribution is 9.10. The molecule has 0 saturated heterocycles. The van der Waals surface area contributed by atoms with Gasteiger partial charge < -0.3 is 5.32 Å². The lowest BCUT2D eigenvalue weighted by atomic mass is 10.3. The van der Waals surface area contributed by atoms with Crippen molar-refractivity contribution in [1.82, 2.24) is 4.98 Å². The molecule has 15 heavy (non-hydrogen) atoms. The zero-order valence-electron chi connectivity index (χ0n) is 7.71. The smallest absolute Gasteiger partial charge is 0.125 e. The molecule has 0 saturated carbocycles. The summed E-state index contributed by atoms with van der Waals surface area (Å²) >= 11 is 4.92. The molecule has 2 nitrogen and oxygen atoms in total. The van der Waals surface area contributed by atoms with E-state index in [0.29, 0.717) is 6.54 Å². The van der Waals surface area contributed by atoms with E-state index >= 15 is 0 Å². The van der Waals surface area contributed by atoms with Gasteiger partial charge in [-0.25, -0.2) is 9.37 Å². The van der Waals surface area contributed by atoms with Gasteiger partial charge in [0.05, 0.1) is 12.2 Å². The molecule has 2 rings (SSSR count). The van der Waals surface area contributed by atoms with Crippen molar-refractivity contribution in [1.29, 1.82) is 0 Å². The van der Waals surface area contributed by atoms with Crippen LogP contribution in [-0.2, 0) is 6.54 Å². The Balaban J connectivity index is 2.07. The first-order valence-electron chi connectivity index (χ1n) is 4.33. The first-order valence-corrected chi connectivity index (χ1v) is 6.00. The van der Waals surface area contributed by atoms with E-state index in [1.807, 2.05) is 5.38 Å². The lowest BCUT2D eigenvalue weighted by molar-refractivity contribution is 0.628. The van der Waals surface area contributed by atoms with Gasteiger partial charge in [-0.15, -0.1) is 11.3 Å². The van der Waals surface area contributed by atoms with Crippen molar-refractivity contribution in [3.8, 4) is 0 Å². The summed E-state index contributed by atoms with van der Waals surface area (Å²) in [5.41, 5.74) is 0.741. The van der Waals surface area contributed by atoms with E-state index in [9.17, 15) is 4.39 Å². The molecule has 1 heterocycles. The standard InChI is InChI=1S/C10H8BrFN2S/c11-8-2-1-7(12)5-9(8)14-6-10-13-3-4-15-10/h1-5,14H,6H2. The number of halogens is 2. The molecule has 0 aliphatic rings. The predicted molar refractivity (Wildman–Crippen MR) is 63.5 cm³/mol. The van der Waals surface area contributed by atoms with Crippen LogP contribution in [0.15, 0.2) is 34.2 Å². The fourth-order valence-corrected chi connectivity index (χ4v) is 2.09. The third kappa shape index (κ3) is 2.76. The van der Waals surface area contributed by atoms with E-state index in [-0.39, 0.29) is 5.82 Å². The quantitative estimate of drug-likeness (QED) is 0.932. The fraction of sp³-hybridized carbons (Fsp3) is 0.100. The Bertz CT molecular complexity index is 445. The molecule has 0 aliphatic heterocycles. The topological polar surface area (TPSA) is 24.9 Å². The number of nitrogens with one attached hydrogen (secondary N) is 1. The lowest BCUT2D eigenvalue weighted by Gasteiger charge is -2.06. The number of nitrogens with zero attached hydrogens (tertiary/aromatic N) is 1. The second kappa shape index (κ2) is 4.72. The van der Waals surface area contributed by atoms with Crippen molar-refractivity contribution < 1.29 is 4.39 Å². The van der Waals surface area contributed by atoms with E-state index in [0.717, 1.165) is 15.2 Å². The van der Waals surface area contributed by atoms with Gasteiger partial charge in [-0.2, -0.15) is 0 Å². The molecular weight excluding hydrogens is 279 g/mol. The molecule has 1 N–H and O–H groups in total. The van der Waals surface area contributed by atoms with Crippen LogP contribution in [0, 0.1) is 5.82 Å². The average Bonchev–Trinajstić information content (AvgIpc) is 2.72. The first kappa shape index (κ1) is 10.6. The van der Waals surface area contributed by atoms with Crippen LogP contribution in [0.3, 0.4) is 0 Å². The van der Waals surface area contributed by atoms with Crippen molar-refractivity contribution in [2.45, 2.75) is 6.54 Å². The normalized spacial score (nSPS) is 10.3. The second-order valence-corrected chi connectivity index (χ2v) is 4.74. The van der Waals surface area contributed by atoms with Gasteiger partial charge in [0.1, 0.15) is 10.8 Å². The summed E-state index contributed by atoms with van der Waals surface area (Å²) in [7, 11) is 0. The number of thiazole rings is 1. The molecule has 5 heteroatoms. The monoisotopic (exact) mass is 286 g/mol. The van der Waals surface area contributed by atoms with Crippen molar-refractivity contribution >= 4 is 33.0 Å². The molecule has 2 aromatic rings. The Morgan fingerprint density at radius 1 is 1.47 bits per heavy atom. The summed E-state index contributed by atoms with van der Waals surface area (Å²) in [5.74, 6) is -0.250. The molecule has 1 aromatic carbocycles. The van der Waals surface area contributed by atoms with Crippen molar-refractivity contribution in [2.75, 3.05) is 5.32 Å². The Hall–Kier alpha value is -0.940. The number of hydrogen-bond donors (Lipinski definition) is 1. The Labute approximate surface area is 99.3 Å². The zero-order chi connectivity index (χ0) is 10.7. The van der Waals surface area contributed by atoms with Crippen LogP contribution >= 0.6 is 27.3 Å². The second-order valence-electron chi connectivity index (χ2n) is 2.90. The maximum absolute atomic E-state index is 12.9. The van der Waals surface area contributed by atoms with Crippen LogP contribution in [0.2, 0.25) is 0 Å². The molecule has 0 spiro atoms. The van der Waals surface area contributed by atoms with Gasteiger partial charge in [0.15, 0.2) is 0 Å². The molecule has 0 radical (unpaired) electrons. The third-order valence-corrected chi connectivity index (χ3v) is 3.31. The van der Waals surface area contributed by atoms with Crippen LogP contribution in [0.4, 0.5) is 10.1 Å². The van der Waals surface area contributed by atoms with Crippen LogP contribution in [0.1, 0.15) is 5.01 Å². The summed E-state index contributed by atoms with van der Waals surface area (Å²) in [5, 5.41) is 6.01. The van der Waals surface area contributed by atoms with Gasteiger partial charge in [-0.3, -0.25) is 0 Å². The van der Waals surface area contributed by atoms with Gasteiger partial charge in [-0.05, 0) is 34.1 Å². The molecule has 0 amide bonds. The van der Waals surface area contributed by atoms with Gasteiger partial charge in [0.25, 0.3) is 0 Å². The minimum Gasteiger partial charge on any atom is -0.378 e. The maximum atomic E-state index is 12.9. The summed E-state index contributed by atoms with van der Waals surface area (Å²) in [6.45, 7) is 0.611. The SMILES string of the molecule is Fc1ccc(Br)c(NCc2nccs2)c1. The van der Waals surface area contributed by atoms with Crippen molar-refractivity contribution in [3.05, 3.63) is 45.1 Å². The Morgan fingerprint density at radius 2 is 2.33 bits per heavy atom. The number of hydrogen-bond acceptors (Lipinski definition) is 3. The molecule has 0 fully saturated rings. The Morgan fingerprint density at radius 3 is 3.07 bits per heavy atom. The number of anilines is 1. The zero-order valence-corrected chi connectivity index (χ0v) is 10.1. The molecule has 0 atom stereocenters. The maximum Gasteiger partial charge on any atom is 0.125 e. The largest absolute Gasteiger partial charge is 0.378 e. The lowest BCUT2D eigenvalue weighted by Crippen LogP contribution is -1.99. The third-order valence-electron chi connectivity index (χ3n) is 1.84. The summed E-state index contributed by atoms with van der Waals surface area (Å²) in [4.78, 5) is 4.13. The van der Waals surface area contributed by atoms with Crippen LogP contribution in [0.5, 0.6) is 0 Å².